The van der Waals surface area contributed by atoms with Crippen LogP contribution in [0, 0.1) is 11.8 Å². The zero-order valence-corrected chi connectivity index (χ0v) is 21.1. The molecular weight excluding hydrogens is 484 g/mol. The average Bonchev–Trinajstić information content (AvgIpc) is 2.76. The Morgan fingerprint density at radius 1 is 1.03 bits per heavy atom. The molecule has 11 N–H and O–H groups in total. The van der Waals surface area contributed by atoms with Gasteiger partial charge in [0.1, 0.15) is 17.6 Å². The number of fused-ring (bicyclic) bond motifs is 3. The van der Waals surface area contributed by atoms with Gasteiger partial charge in [0.25, 0.3) is 0 Å². The van der Waals surface area contributed by atoms with E-state index >= 15 is 0 Å². The molecule has 2 aliphatic rings. The molecule has 200 valence electrons. The molecule has 0 spiro atoms. The first-order chi connectivity index (χ1) is 16.9. The van der Waals surface area contributed by atoms with Gasteiger partial charge in [-0.15, -0.1) is 0 Å². The summed E-state index contributed by atoms with van der Waals surface area (Å²) in [5.74, 6) is -8.65. The van der Waals surface area contributed by atoms with Crippen LogP contribution >= 0.6 is 0 Å². The quantitative estimate of drug-likeness (QED) is 0.141. The van der Waals surface area contributed by atoms with Gasteiger partial charge in [-0.2, -0.15) is 0 Å². The third kappa shape index (κ3) is 3.26. The number of nitrogens with zero attached hydrogens (tertiary/aromatic N) is 1. The summed E-state index contributed by atoms with van der Waals surface area (Å²) in [6, 6.07) is 0.0412. The number of primary amides is 1. The number of anilines is 2. The van der Waals surface area contributed by atoms with E-state index < -0.39 is 75.6 Å². The largest absolute Gasteiger partial charge is 0.507 e. The number of likely N-dealkylation sites (N-methyl/N-ethyl adjacent to an activating group) is 1. The molecular formula is C25H32N4O8. The number of nitrogens with two attached hydrogens (primary N) is 3. The summed E-state index contributed by atoms with van der Waals surface area (Å²) in [6.45, 7) is 5.38. The Morgan fingerprint density at radius 3 is 2.08 bits per heavy atom. The van der Waals surface area contributed by atoms with Gasteiger partial charge in [0.15, 0.2) is 23.1 Å². The standard InChI is InChI=1S/C25H32N4O8/c1-24(2,3)7-6-8(26)9-11(17(7)30)18(31)12-10(15(9)27)19(32)14-16(29(4)5)20(33)13(23(28)36)22(35)25(14,37)21(12)34/h6,13-14,16,19,21,30-32,34,37H,26-27H2,1-5H3,(H2,28,36)/t13?,14-,16+,19+,21?,25+/m1/s1. The highest BCUT2D eigenvalue weighted by Gasteiger charge is 2.68. The molecule has 4 rings (SSSR count). The number of hydrogen-bond acceptors (Lipinski definition) is 11. The topological polar surface area (TPSA) is 234 Å². The van der Waals surface area contributed by atoms with Crippen molar-refractivity contribution in [2.75, 3.05) is 25.6 Å². The summed E-state index contributed by atoms with van der Waals surface area (Å²) in [5.41, 5.74) is 13.8. The summed E-state index contributed by atoms with van der Waals surface area (Å²) in [4.78, 5) is 39.9. The molecule has 2 aromatic carbocycles. The van der Waals surface area contributed by atoms with Crippen LogP contribution in [0.2, 0.25) is 0 Å². The van der Waals surface area contributed by atoms with Gasteiger partial charge in [-0.05, 0) is 25.6 Å². The number of aromatic hydroxyl groups is 2. The number of carbonyl (C=O) groups excluding carboxylic acids is 3. The van der Waals surface area contributed by atoms with Crippen LogP contribution in [-0.4, -0.2) is 73.6 Å². The van der Waals surface area contributed by atoms with E-state index in [-0.39, 0.29) is 27.7 Å². The number of carbonyl (C=O) groups is 3. The van der Waals surface area contributed by atoms with Gasteiger partial charge >= 0.3 is 0 Å². The lowest BCUT2D eigenvalue weighted by atomic mass is 9.56. The van der Waals surface area contributed by atoms with E-state index in [1.165, 1.54) is 25.1 Å². The Hall–Kier alpha value is -3.45. The molecule has 0 bridgehead atoms. The Bertz CT molecular complexity index is 1380. The minimum atomic E-state index is -2.92. The number of rotatable bonds is 2. The lowest BCUT2D eigenvalue weighted by Gasteiger charge is -2.53. The lowest BCUT2D eigenvalue weighted by Crippen LogP contribution is -2.71. The second-order valence-corrected chi connectivity index (χ2v) is 11.2. The molecule has 6 atom stereocenters. The van der Waals surface area contributed by atoms with Crippen molar-refractivity contribution >= 4 is 39.6 Å². The number of aliphatic hydroxyl groups is 3. The van der Waals surface area contributed by atoms with E-state index in [4.69, 9.17) is 17.2 Å². The highest BCUT2D eigenvalue weighted by Crippen LogP contribution is 2.59. The van der Waals surface area contributed by atoms with Crippen LogP contribution in [-0.2, 0) is 19.8 Å². The van der Waals surface area contributed by atoms with E-state index in [1.807, 2.05) is 0 Å². The molecule has 2 unspecified atom stereocenters. The lowest BCUT2D eigenvalue weighted by molar-refractivity contribution is -0.202. The average molecular weight is 517 g/mol. The Balaban J connectivity index is 2.15. The Morgan fingerprint density at radius 2 is 1.59 bits per heavy atom. The minimum Gasteiger partial charge on any atom is -0.507 e. The van der Waals surface area contributed by atoms with Crippen LogP contribution in [0.5, 0.6) is 11.5 Å². The molecule has 2 aromatic rings. The zero-order chi connectivity index (χ0) is 28.1. The molecule has 2 aliphatic carbocycles. The molecule has 12 nitrogen and oxygen atoms in total. The van der Waals surface area contributed by atoms with Gasteiger partial charge in [0.05, 0.1) is 23.4 Å². The first-order valence-corrected chi connectivity index (χ1v) is 11.6. The molecule has 1 fully saturated rings. The van der Waals surface area contributed by atoms with Crippen molar-refractivity contribution in [3.63, 3.8) is 0 Å². The number of amides is 1. The number of phenols is 2. The third-order valence-corrected chi connectivity index (χ3v) is 7.73. The van der Waals surface area contributed by atoms with E-state index in [0.29, 0.717) is 5.56 Å². The van der Waals surface area contributed by atoms with Gasteiger partial charge in [0.2, 0.25) is 5.91 Å². The summed E-state index contributed by atoms with van der Waals surface area (Å²) < 4.78 is 0. The fourth-order valence-corrected chi connectivity index (χ4v) is 6.01. The summed E-state index contributed by atoms with van der Waals surface area (Å²) in [5, 5.41) is 56.9. The molecule has 0 heterocycles. The van der Waals surface area contributed by atoms with Gasteiger partial charge in [0, 0.05) is 33.5 Å². The first-order valence-electron chi connectivity index (χ1n) is 11.6. The van der Waals surface area contributed by atoms with Gasteiger partial charge in [-0.3, -0.25) is 19.3 Å². The predicted octanol–water partition coefficient (Wildman–Crippen LogP) is -0.676. The number of benzene rings is 2. The van der Waals surface area contributed by atoms with E-state index in [9.17, 15) is 39.9 Å². The molecule has 0 saturated heterocycles. The van der Waals surface area contributed by atoms with Crippen LogP contribution in [0.1, 0.15) is 49.7 Å². The molecule has 12 heteroatoms. The molecule has 0 aromatic heterocycles. The highest BCUT2D eigenvalue weighted by molar-refractivity contribution is 6.24. The zero-order valence-electron chi connectivity index (χ0n) is 21.1. The van der Waals surface area contributed by atoms with Crippen molar-refractivity contribution in [1.82, 2.24) is 4.90 Å². The fraction of sp³-hybridized carbons (Fsp3) is 0.480. The highest BCUT2D eigenvalue weighted by atomic mass is 16.4. The van der Waals surface area contributed by atoms with E-state index in [0.717, 1.165) is 0 Å². The van der Waals surface area contributed by atoms with Crippen LogP contribution in [0.4, 0.5) is 11.4 Å². The van der Waals surface area contributed by atoms with Crippen molar-refractivity contribution in [1.29, 1.82) is 0 Å². The maximum absolute atomic E-state index is 13.4. The minimum absolute atomic E-state index is 0.0108. The van der Waals surface area contributed by atoms with Crippen LogP contribution in [0.25, 0.3) is 10.8 Å². The van der Waals surface area contributed by atoms with Crippen molar-refractivity contribution in [3.05, 3.63) is 22.8 Å². The number of phenolic OH excluding ortho intramolecular Hbond substituents is 2. The second kappa shape index (κ2) is 8.02. The monoisotopic (exact) mass is 516 g/mol. The van der Waals surface area contributed by atoms with Gasteiger partial charge < -0.3 is 42.7 Å². The summed E-state index contributed by atoms with van der Waals surface area (Å²) in [6.07, 6.45) is -4.14. The smallest absolute Gasteiger partial charge is 0.235 e. The summed E-state index contributed by atoms with van der Waals surface area (Å²) >= 11 is 0. The predicted molar refractivity (Wildman–Crippen MR) is 133 cm³/mol. The van der Waals surface area contributed by atoms with Crippen molar-refractivity contribution in [3.8, 4) is 11.5 Å². The third-order valence-electron chi connectivity index (χ3n) is 7.73. The van der Waals surface area contributed by atoms with Crippen LogP contribution in [0.15, 0.2) is 6.07 Å². The Labute approximate surface area is 212 Å². The van der Waals surface area contributed by atoms with Crippen molar-refractivity contribution in [2.45, 2.75) is 50.0 Å². The first kappa shape index (κ1) is 26.6. The molecule has 37 heavy (non-hydrogen) atoms. The van der Waals surface area contributed by atoms with E-state index in [1.54, 1.807) is 20.8 Å². The number of hydrogen-bond donors (Lipinski definition) is 8. The van der Waals surface area contributed by atoms with Gasteiger partial charge in [-0.25, -0.2) is 0 Å². The fourth-order valence-electron chi connectivity index (χ4n) is 6.01. The van der Waals surface area contributed by atoms with Crippen LogP contribution in [0.3, 0.4) is 0 Å². The molecule has 1 amide bonds. The maximum atomic E-state index is 13.4. The number of ketones is 2. The summed E-state index contributed by atoms with van der Waals surface area (Å²) in [7, 11) is 2.85. The Kier molecular flexibility index (Phi) is 5.77. The second-order valence-electron chi connectivity index (χ2n) is 11.2. The molecule has 0 radical (unpaired) electrons. The number of Topliss-reactive ketones (excluding diaryl/α,β-unsaturated/α-hetero) is 2. The normalized spacial score (nSPS) is 29.9. The maximum Gasteiger partial charge on any atom is 0.235 e. The van der Waals surface area contributed by atoms with Gasteiger partial charge in [-0.1, -0.05) is 20.8 Å². The van der Waals surface area contributed by atoms with Crippen molar-refractivity contribution in [2.24, 2.45) is 17.6 Å². The van der Waals surface area contributed by atoms with E-state index in [2.05, 4.69) is 0 Å². The SMILES string of the molecule is CN(C)[C@@H]1C(=O)C(C(N)=O)C(=O)[C@@]2(O)C(O)c3c(c(N)c4c(N)cc(C(C)(C)C)c(O)c4c3O)[C@H](O)[C@@H]12. The molecule has 0 aliphatic heterocycles. The molecule has 1 saturated carbocycles. The van der Waals surface area contributed by atoms with Crippen LogP contribution < -0.4 is 17.2 Å². The number of aliphatic hydroxyl groups excluding tert-OH is 2. The van der Waals surface area contributed by atoms with Crippen molar-refractivity contribution < 1.29 is 39.9 Å². The number of nitrogen functional groups attached to an aromatic ring is 2.